The van der Waals surface area contributed by atoms with Gasteiger partial charge in [-0.3, -0.25) is 14.9 Å². The summed E-state index contributed by atoms with van der Waals surface area (Å²) in [4.78, 5) is 29.6. The van der Waals surface area contributed by atoms with Crippen molar-refractivity contribution in [1.82, 2.24) is 14.9 Å². The van der Waals surface area contributed by atoms with E-state index in [1.807, 2.05) is 12.1 Å². The van der Waals surface area contributed by atoms with Gasteiger partial charge in [-0.2, -0.15) is 0 Å². The van der Waals surface area contributed by atoms with Crippen molar-refractivity contribution in [2.45, 2.75) is 32.2 Å². The number of hydrogen-bond donors (Lipinski definition) is 3. The molecule has 0 spiro atoms. The number of nitrogens with zero attached hydrogens (tertiary/aromatic N) is 1. The van der Waals surface area contributed by atoms with E-state index in [4.69, 9.17) is 0 Å². The zero-order valence-electron chi connectivity index (χ0n) is 17.4. The van der Waals surface area contributed by atoms with Crippen molar-refractivity contribution in [1.29, 1.82) is 0 Å². The average Bonchev–Trinajstić information content (AvgIpc) is 3.43. The summed E-state index contributed by atoms with van der Waals surface area (Å²) in [6, 6.07) is 12.5. The second kappa shape index (κ2) is 6.20. The SMILES string of the molecule is O=C1NC(=O)c2c1c1c3ccc(CCCO)cc3[nH]c1c1c2c2cccc3c2n1CCC3. The van der Waals surface area contributed by atoms with E-state index >= 15 is 0 Å². The van der Waals surface area contributed by atoms with Crippen molar-refractivity contribution in [3.63, 3.8) is 0 Å². The van der Waals surface area contributed by atoms with E-state index < -0.39 is 0 Å². The number of aryl methyl sites for hydroxylation is 3. The molecule has 6 nitrogen and oxygen atoms in total. The minimum absolute atomic E-state index is 0.156. The molecule has 0 fully saturated rings. The molecule has 0 unspecified atom stereocenters. The maximum absolute atomic E-state index is 13.0. The van der Waals surface area contributed by atoms with Crippen molar-refractivity contribution < 1.29 is 14.7 Å². The molecule has 6 heteroatoms. The number of carbonyl (C=O) groups excluding carboxylic acids is 2. The third-order valence-corrected chi connectivity index (χ3v) is 7.15. The molecule has 7 rings (SSSR count). The maximum atomic E-state index is 13.0. The van der Waals surface area contributed by atoms with Gasteiger partial charge >= 0.3 is 0 Å². The zero-order chi connectivity index (χ0) is 21.6. The fourth-order valence-corrected chi connectivity index (χ4v) is 5.90. The number of hydrogen-bond acceptors (Lipinski definition) is 3. The Balaban J connectivity index is 1.72. The van der Waals surface area contributed by atoms with Crippen molar-refractivity contribution in [3.8, 4) is 0 Å². The summed E-state index contributed by atoms with van der Waals surface area (Å²) in [6.45, 7) is 1.04. The number of aromatic amines is 1. The van der Waals surface area contributed by atoms with E-state index in [0.717, 1.165) is 69.5 Å². The Hall–Kier alpha value is -3.64. The number of benzene rings is 3. The molecule has 0 saturated carbocycles. The summed E-state index contributed by atoms with van der Waals surface area (Å²) in [5.74, 6) is -0.636. The molecule has 2 aliphatic rings. The monoisotopic (exact) mass is 423 g/mol. The topological polar surface area (TPSA) is 87.1 Å². The molecule has 3 N–H and O–H groups in total. The summed E-state index contributed by atoms with van der Waals surface area (Å²) in [5.41, 5.74) is 7.47. The van der Waals surface area contributed by atoms with Crippen LogP contribution in [0.1, 0.15) is 44.7 Å². The second-order valence-electron chi connectivity index (χ2n) is 8.91. The smallest absolute Gasteiger partial charge is 0.259 e. The highest BCUT2D eigenvalue weighted by atomic mass is 16.3. The van der Waals surface area contributed by atoms with Gasteiger partial charge < -0.3 is 14.7 Å². The van der Waals surface area contributed by atoms with Gasteiger partial charge in [-0.25, -0.2) is 0 Å². The number of fused-ring (bicyclic) bond motifs is 10. The molecular weight excluding hydrogens is 402 g/mol. The number of aliphatic hydroxyl groups excluding tert-OH is 1. The standard InChI is InChI=1S/C26H21N3O3/c30-11-3-4-13-8-9-15-17(12-13)27-22-18(15)20-21(26(32)28-25(20)31)19-16-7-1-5-14-6-2-10-29(23(14)16)24(19)22/h1,5,7-9,12,27,30H,2-4,6,10-11H2,(H,28,31,32). The number of carbonyl (C=O) groups is 2. The number of imide groups is 1. The van der Waals surface area contributed by atoms with E-state index in [1.165, 1.54) is 11.1 Å². The number of aliphatic hydroxyl groups is 1. The Kier molecular flexibility index (Phi) is 3.49. The summed E-state index contributed by atoms with van der Waals surface area (Å²) >= 11 is 0. The summed E-state index contributed by atoms with van der Waals surface area (Å²) in [7, 11) is 0. The highest BCUT2D eigenvalue weighted by Gasteiger charge is 2.36. The Morgan fingerprint density at radius 1 is 0.969 bits per heavy atom. The van der Waals surface area contributed by atoms with Crippen LogP contribution in [-0.2, 0) is 19.4 Å². The van der Waals surface area contributed by atoms with Gasteiger partial charge in [0.1, 0.15) is 0 Å². The molecule has 2 amide bonds. The maximum Gasteiger partial charge on any atom is 0.259 e. The quantitative estimate of drug-likeness (QED) is 0.381. The predicted octanol–water partition coefficient (Wildman–Crippen LogP) is 4.18. The van der Waals surface area contributed by atoms with Crippen LogP contribution in [0, 0.1) is 0 Å². The number of amides is 2. The third-order valence-electron chi connectivity index (χ3n) is 7.15. The lowest BCUT2D eigenvalue weighted by atomic mass is 9.96. The van der Waals surface area contributed by atoms with Crippen LogP contribution in [0.3, 0.4) is 0 Å². The molecule has 5 aromatic rings. The molecule has 0 atom stereocenters. The predicted molar refractivity (Wildman–Crippen MR) is 124 cm³/mol. The molecule has 2 aromatic heterocycles. The highest BCUT2D eigenvalue weighted by molar-refractivity contribution is 6.39. The van der Waals surface area contributed by atoms with Gasteiger partial charge in [-0.1, -0.05) is 30.3 Å². The number of para-hydroxylation sites is 1. The molecule has 32 heavy (non-hydrogen) atoms. The lowest BCUT2D eigenvalue weighted by molar-refractivity contribution is 0.0880. The van der Waals surface area contributed by atoms with Crippen molar-refractivity contribution in [2.75, 3.05) is 6.61 Å². The number of H-pyrrole nitrogens is 1. The Morgan fingerprint density at radius 3 is 2.66 bits per heavy atom. The first kappa shape index (κ1) is 18.0. The fourth-order valence-electron chi connectivity index (χ4n) is 5.90. The summed E-state index contributed by atoms with van der Waals surface area (Å²) in [5, 5.41) is 15.4. The van der Waals surface area contributed by atoms with Crippen LogP contribution in [0.25, 0.3) is 43.6 Å². The van der Waals surface area contributed by atoms with Gasteiger partial charge in [0.05, 0.1) is 27.7 Å². The average molecular weight is 423 g/mol. The van der Waals surface area contributed by atoms with Crippen molar-refractivity contribution >= 4 is 55.4 Å². The van der Waals surface area contributed by atoms with Crippen LogP contribution < -0.4 is 5.32 Å². The van der Waals surface area contributed by atoms with Crippen LogP contribution in [-0.4, -0.2) is 33.1 Å². The first-order valence-corrected chi connectivity index (χ1v) is 11.2. The number of rotatable bonds is 3. The van der Waals surface area contributed by atoms with E-state index in [-0.39, 0.29) is 18.4 Å². The first-order chi connectivity index (χ1) is 15.7. The third kappa shape index (κ3) is 2.12. The van der Waals surface area contributed by atoms with Gasteiger partial charge in [0, 0.05) is 40.2 Å². The van der Waals surface area contributed by atoms with E-state index in [9.17, 15) is 14.7 Å². The van der Waals surface area contributed by atoms with E-state index in [1.54, 1.807) is 0 Å². The molecule has 3 aromatic carbocycles. The molecule has 158 valence electrons. The van der Waals surface area contributed by atoms with E-state index in [0.29, 0.717) is 17.5 Å². The molecule has 0 radical (unpaired) electrons. The number of aromatic nitrogens is 2. The van der Waals surface area contributed by atoms with Gasteiger partial charge in [0.15, 0.2) is 0 Å². The molecular formula is C26H21N3O3. The van der Waals surface area contributed by atoms with E-state index in [2.05, 4.69) is 39.1 Å². The van der Waals surface area contributed by atoms with Crippen molar-refractivity contribution in [3.05, 3.63) is 58.7 Å². The van der Waals surface area contributed by atoms with Crippen molar-refractivity contribution in [2.24, 2.45) is 0 Å². The van der Waals surface area contributed by atoms with Gasteiger partial charge in [0.25, 0.3) is 11.8 Å². The lowest BCUT2D eigenvalue weighted by Gasteiger charge is -2.16. The molecule has 2 aliphatic heterocycles. The minimum Gasteiger partial charge on any atom is -0.396 e. The molecule has 0 aliphatic carbocycles. The van der Waals surface area contributed by atoms with Gasteiger partial charge in [-0.05, 0) is 42.9 Å². The van der Waals surface area contributed by atoms with Crippen LogP contribution >= 0.6 is 0 Å². The molecule has 0 saturated heterocycles. The summed E-state index contributed by atoms with van der Waals surface area (Å²) < 4.78 is 2.34. The van der Waals surface area contributed by atoms with Gasteiger partial charge in [-0.15, -0.1) is 0 Å². The minimum atomic E-state index is -0.325. The van der Waals surface area contributed by atoms with Crippen LogP contribution in [0.15, 0.2) is 36.4 Å². The zero-order valence-corrected chi connectivity index (χ0v) is 17.4. The normalized spacial score (nSPS) is 15.4. The number of nitrogens with one attached hydrogen (secondary N) is 2. The fraction of sp³-hybridized carbons (Fsp3) is 0.231. The largest absolute Gasteiger partial charge is 0.396 e. The van der Waals surface area contributed by atoms with Crippen LogP contribution in [0.4, 0.5) is 0 Å². The Labute approximate surface area is 182 Å². The highest BCUT2D eigenvalue weighted by Crippen LogP contribution is 2.45. The Bertz CT molecular complexity index is 1650. The Morgan fingerprint density at radius 2 is 1.81 bits per heavy atom. The van der Waals surface area contributed by atoms with Gasteiger partial charge in [0.2, 0.25) is 0 Å². The molecule has 4 heterocycles. The summed E-state index contributed by atoms with van der Waals surface area (Å²) in [6.07, 6.45) is 3.56. The van der Waals surface area contributed by atoms with Crippen LogP contribution in [0.2, 0.25) is 0 Å². The lowest BCUT2D eigenvalue weighted by Crippen LogP contribution is -2.20. The molecule has 0 bridgehead atoms. The first-order valence-electron chi connectivity index (χ1n) is 11.2. The van der Waals surface area contributed by atoms with Crippen LogP contribution in [0.5, 0.6) is 0 Å². The second-order valence-corrected chi connectivity index (χ2v) is 8.91.